The monoisotopic (exact) mass is 262 g/mol. The Labute approximate surface area is 106 Å². The van der Waals surface area contributed by atoms with Crippen LogP contribution < -0.4 is 5.32 Å². The van der Waals surface area contributed by atoms with E-state index in [2.05, 4.69) is 24.1 Å². The van der Waals surface area contributed by atoms with Crippen molar-refractivity contribution in [1.82, 2.24) is 10.2 Å². The number of hydrogen-bond acceptors (Lipinski definition) is 4. The smallest absolute Gasteiger partial charge is 0.153 e. The van der Waals surface area contributed by atoms with E-state index in [-0.39, 0.29) is 6.04 Å². The Kier molecular flexibility index (Phi) is 5.89. The molecule has 1 fully saturated rings. The fourth-order valence-corrected chi connectivity index (χ4v) is 3.98. The lowest BCUT2D eigenvalue weighted by Crippen LogP contribution is -2.49. The van der Waals surface area contributed by atoms with E-state index in [1.807, 2.05) is 6.92 Å². The Morgan fingerprint density at radius 2 is 2.18 bits per heavy atom. The molecule has 0 aliphatic carbocycles. The van der Waals surface area contributed by atoms with Crippen LogP contribution in [-0.4, -0.2) is 56.5 Å². The second-order valence-corrected chi connectivity index (χ2v) is 7.37. The molecule has 0 saturated carbocycles. The lowest BCUT2D eigenvalue weighted by atomic mass is 10.2. The van der Waals surface area contributed by atoms with Crippen LogP contribution in [0.25, 0.3) is 0 Å². The number of hydrogen-bond donors (Lipinski definition) is 1. The summed E-state index contributed by atoms with van der Waals surface area (Å²) < 4.78 is 22.9. The van der Waals surface area contributed by atoms with Crippen LogP contribution in [-0.2, 0) is 9.84 Å². The van der Waals surface area contributed by atoms with Crippen molar-refractivity contribution >= 4 is 9.84 Å². The molecule has 0 spiro atoms. The molecular weight excluding hydrogens is 236 g/mol. The number of sulfone groups is 1. The van der Waals surface area contributed by atoms with Gasteiger partial charge in [-0.2, -0.15) is 0 Å². The molecule has 2 atom stereocenters. The van der Waals surface area contributed by atoms with Gasteiger partial charge in [0.05, 0.1) is 11.5 Å². The highest BCUT2D eigenvalue weighted by atomic mass is 32.2. The minimum absolute atomic E-state index is 0.164. The SMILES string of the molecule is CCCC(C)NCCN1CCS(=O)(=O)CC1C. The molecule has 1 saturated heterocycles. The molecule has 0 aromatic carbocycles. The molecule has 17 heavy (non-hydrogen) atoms. The van der Waals surface area contributed by atoms with Gasteiger partial charge in [-0.25, -0.2) is 8.42 Å². The van der Waals surface area contributed by atoms with E-state index in [9.17, 15) is 8.42 Å². The fraction of sp³-hybridized carbons (Fsp3) is 1.00. The summed E-state index contributed by atoms with van der Waals surface area (Å²) in [6.07, 6.45) is 2.40. The maximum absolute atomic E-state index is 11.4. The molecule has 102 valence electrons. The van der Waals surface area contributed by atoms with Crippen LogP contribution in [0, 0.1) is 0 Å². The highest BCUT2D eigenvalue weighted by molar-refractivity contribution is 7.91. The first-order valence-electron chi connectivity index (χ1n) is 6.62. The summed E-state index contributed by atoms with van der Waals surface area (Å²) >= 11 is 0. The third-order valence-corrected chi connectivity index (χ3v) is 5.22. The summed E-state index contributed by atoms with van der Waals surface area (Å²) in [5.74, 6) is 0.638. The third kappa shape index (κ3) is 5.36. The zero-order valence-corrected chi connectivity index (χ0v) is 12.1. The number of rotatable bonds is 6. The van der Waals surface area contributed by atoms with Gasteiger partial charge in [0.15, 0.2) is 9.84 Å². The largest absolute Gasteiger partial charge is 0.313 e. The van der Waals surface area contributed by atoms with Gasteiger partial charge in [0.2, 0.25) is 0 Å². The zero-order valence-electron chi connectivity index (χ0n) is 11.3. The molecule has 5 heteroatoms. The normalized spacial score (nSPS) is 26.9. The molecule has 1 N–H and O–H groups in total. The van der Waals surface area contributed by atoms with Gasteiger partial charge in [-0.15, -0.1) is 0 Å². The van der Waals surface area contributed by atoms with Crippen molar-refractivity contribution in [2.45, 2.75) is 45.7 Å². The molecule has 4 nitrogen and oxygen atoms in total. The molecule has 0 bridgehead atoms. The van der Waals surface area contributed by atoms with Crippen molar-refractivity contribution in [2.75, 3.05) is 31.1 Å². The molecule has 1 aliphatic rings. The molecule has 1 rings (SSSR count). The number of nitrogens with zero attached hydrogens (tertiary/aromatic N) is 1. The van der Waals surface area contributed by atoms with Gasteiger partial charge in [0, 0.05) is 31.7 Å². The van der Waals surface area contributed by atoms with Gasteiger partial charge in [0.1, 0.15) is 0 Å². The molecular formula is C12H26N2O2S. The van der Waals surface area contributed by atoms with Crippen molar-refractivity contribution < 1.29 is 8.42 Å². The summed E-state index contributed by atoms with van der Waals surface area (Å²) in [6, 6.07) is 0.723. The Morgan fingerprint density at radius 1 is 1.47 bits per heavy atom. The quantitative estimate of drug-likeness (QED) is 0.772. The summed E-state index contributed by atoms with van der Waals surface area (Å²) in [5, 5.41) is 3.48. The van der Waals surface area contributed by atoms with E-state index in [1.54, 1.807) is 0 Å². The van der Waals surface area contributed by atoms with E-state index in [0.717, 1.165) is 13.1 Å². The Morgan fingerprint density at radius 3 is 2.76 bits per heavy atom. The molecule has 2 unspecified atom stereocenters. The van der Waals surface area contributed by atoms with Gasteiger partial charge >= 0.3 is 0 Å². The van der Waals surface area contributed by atoms with Crippen LogP contribution in [0.2, 0.25) is 0 Å². The summed E-state index contributed by atoms with van der Waals surface area (Å²) in [7, 11) is -2.78. The minimum atomic E-state index is -2.78. The number of nitrogens with one attached hydrogen (secondary N) is 1. The van der Waals surface area contributed by atoms with E-state index < -0.39 is 9.84 Å². The molecule has 0 amide bonds. The van der Waals surface area contributed by atoms with Crippen molar-refractivity contribution in [3.05, 3.63) is 0 Å². The molecule has 0 aromatic rings. The first kappa shape index (κ1) is 14.9. The summed E-state index contributed by atoms with van der Waals surface area (Å²) in [5.41, 5.74) is 0. The fourth-order valence-electron chi connectivity index (χ4n) is 2.35. The second kappa shape index (κ2) is 6.71. The van der Waals surface area contributed by atoms with Crippen molar-refractivity contribution in [3.63, 3.8) is 0 Å². The van der Waals surface area contributed by atoms with Crippen molar-refractivity contribution in [1.29, 1.82) is 0 Å². The Bertz CT molecular complexity index is 316. The van der Waals surface area contributed by atoms with Gasteiger partial charge in [0.25, 0.3) is 0 Å². The van der Waals surface area contributed by atoms with E-state index in [1.165, 1.54) is 12.8 Å². The van der Waals surface area contributed by atoms with E-state index in [0.29, 0.717) is 24.1 Å². The van der Waals surface area contributed by atoms with Crippen LogP contribution in [0.15, 0.2) is 0 Å². The van der Waals surface area contributed by atoms with Crippen LogP contribution >= 0.6 is 0 Å². The van der Waals surface area contributed by atoms with Gasteiger partial charge in [-0.05, 0) is 20.3 Å². The van der Waals surface area contributed by atoms with E-state index in [4.69, 9.17) is 0 Å². The molecule has 0 aromatic heterocycles. The van der Waals surface area contributed by atoms with Crippen LogP contribution in [0.1, 0.15) is 33.6 Å². The highest BCUT2D eigenvalue weighted by Gasteiger charge is 2.27. The summed E-state index contributed by atoms with van der Waals surface area (Å²) in [6.45, 7) is 8.99. The van der Waals surface area contributed by atoms with Crippen LogP contribution in [0.4, 0.5) is 0 Å². The van der Waals surface area contributed by atoms with Crippen molar-refractivity contribution in [3.8, 4) is 0 Å². The Hall–Kier alpha value is -0.130. The van der Waals surface area contributed by atoms with Crippen LogP contribution in [0.3, 0.4) is 0 Å². The summed E-state index contributed by atoms with van der Waals surface area (Å²) in [4.78, 5) is 2.27. The predicted molar refractivity (Wildman–Crippen MR) is 72.1 cm³/mol. The zero-order chi connectivity index (χ0) is 12.9. The average molecular weight is 262 g/mol. The molecule has 1 heterocycles. The van der Waals surface area contributed by atoms with Gasteiger partial charge in [-0.3, -0.25) is 4.90 Å². The van der Waals surface area contributed by atoms with Crippen LogP contribution in [0.5, 0.6) is 0 Å². The Balaban J connectivity index is 2.24. The van der Waals surface area contributed by atoms with Gasteiger partial charge in [-0.1, -0.05) is 13.3 Å². The predicted octanol–water partition coefficient (Wildman–Crippen LogP) is 0.884. The topological polar surface area (TPSA) is 49.4 Å². The lowest BCUT2D eigenvalue weighted by Gasteiger charge is -2.33. The van der Waals surface area contributed by atoms with Gasteiger partial charge < -0.3 is 5.32 Å². The standard InChI is InChI=1S/C12H26N2O2S/c1-4-5-11(2)13-6-7-14-8-9-17(15,16)10-12(14)3/h11-13H,4-10H2,1-3H3. The molecule has 1 aliphatic heterocycles. The third-order valence-electron chi connectivity index (χ3n) is 3.42. The molecule has 0 radical (unpaired) electrons. The van der Waals surface area contributed by atoms with Crippen molar-refractivity contribution in [2.24, 2.45) is 0 Å². The average Bonchev–Trinajstić information content (AvgIpc) is 2.21. The lowest BCUT2D eigenvalue weighted by molar-refractivity contribution is 0.224. The highest BCUT2D eigenvalue weighted by Crippen LogP contribution is 2.10. The first-order valence-corrected chi connectivity index (χ1v) is 8.44. The van der Waals surface area contributed by atoms with E-state index >= 15 is 0 Å². The maximum atomic E-state index is 11.4. The second-order valence-electron chi connectivity index (χ2n) is 5.14. The minimum Gasteiger partial charge on any atom is -0.313 e. The first-order chi connectivity index (χ1) is 7.94. The maximum Gasteiger partial charge on any atom is 0.153 e.